The molecular weight excluding hydrogens is 424 g/mol. The predicted octanol–water partition coefficient (Wildman–Crippen LogP) is 4.80. The molecule has 0 radical (unpaired) electrons. The lowest BCUT2D eigenvalue weighted by atomic mass is 10.2. The van der Waals surface area contributed by atoms with Crippen LogP contribution >= 0.6 is 23.4 Å². The maximum atomic E-state index is 12.5. The van der Waals surface area contributed by atoms with Gasteiger partial charge in [-0.05, 0) is 36.4 Å². The van der Waals surface area contributed by atoms with E-state index in [1.165, 1.54) is 31.1 Å². The summed E-state index contributed by atoms with van der Waals surface area (Å²) in [7, 11) is 1.40. The molecule has 0 aliphatic rings. The van der Waals surface area contributed by atoms with Crippen molar-refractivity contribution >= 4 is 45.9 Å². The van der Waals surface area contributed by atoms with Crippen molar-refractivity contribution in [2.24, 2.45) is 0 Å². The minimum Gasteiger partial charge on any atom is -0.503 e. The van der Waals surface area contributed by atoms with E-state index in [2.05, 4.69) is 20.3 Å². The van der Waals surface area contributed by atoms with Crippen LogP contribution in [-0.4, -0.2) is 33.1 Å². The van der Waals surface area contributed by atoms with Gasteiger partial charge < -0.3 is 15.2 Å². The standard InChI is InChI=1S/C21H15ClN4O3S/c1-29-15-8-10-23-18(19(15)27)21(28)25-13-5-6-14-12(11-13)4-7-17(26-14)30-16-3-2-9-24-20(16)22/h2-11,27H,1H3,(H,25,28). The quantitative estimate of drug-likeness (QED) is 0.432. The summed E-state index contributed by atoms with van der Waals surface area (Å²) in [6.07, 6.45) is 3.03. The summed E-state index contributed by atoms with van der Waals surface area (Å²) in [5.41, 5.74) is 1.20. The molecule has 0 saturated carbocycles. The Morgan fingerprint density at radius 2 is 2.00 bits per heavy atom. The van der Waals surface area contributed by atoms with Gasteiger partial charge in [0.2, 0.25) is 0 Å². The fourth-order valence-electron chi connectivity index (χ4n) is 2.76. The first-order valence-corrected chi connectivity index (χ1v) is 9.97. The van der Waals surface area contributed by atoms with E-state index in [0.717, 1.165) is 20.8 Å². The third-order valence-corrected chi connectivity index (χ3v) is 5.58. The van der Waals surface area contributed by atoms with Gasteiger partial charge in [0, 0.05) is 29.5 Å². The monoisotopic (exact) mass is 438 g/mol. The van der Waals surface area contributed by atoms with Crippen molar-refractivity contribution in [3.05, 3.63) is 71.8 Å². The number of anilines is 1. The molecule has 3 aromatic heterocycles. The third-order valence-electron chi connectivity index (χ3n) is 4.18. The Labute approximate surface area is 181 Å². The Hall–Kier alpha value is -3.36. The van der Waals surface area contributed by atoms with Crippen LogP contribution in [0.2, 0.25) is 5.15 Å². The van der Waals surface area contributed by atoms with Crippen LogP contribution in [0, 0.1) is 0 Å². The van der Waals surface area contributed by atoms with E-state index in [4.69, 9.17) is 16.3 Å². The number of ether oxygens (including phenoxy) is 1. The van der Waals surface area contributed by atoms with Crippen LogP contribution in [0.3, 0.4) is 0 Å². The molecule has 0 unspecified atom stereocenters. The van der Waals surface area contributed by atoms with Gasteiger partial charge in [-0.25, -0.2) is 15.0 Å². The molecule has 150 valence electrons. The summed E-state index contributed by atoms with van der Waals surface area (Å²) in [5.74, 6) is -0.676. The number of nitrogens with one attached hydrogen (secondary N) is 1. The van der Waals surface area contributed by atoms with Crippen LogP contribution in [0.5, 0.6) is 11.5 Å². The summed E-state index contributed by atoms with van der Waals surface area (Å²) in [5, 5.41) is 14.9. The van der Waals surface area contributed by atoms with Crippen LogP contribution in [-0.2, 0) is 0 Å². The van der Waals surface area contributed by atoms with Crippen molar-refractivity contribution in [2.75, 3.05) is 12.4 Å². The highest BCUT2D eigenvalue weighted by molar-refractivity contribution is 7.99. The number of amides is 1. The maximum Gasteiger partial charge on any atom is 0.278 e. The molecule has 1 aromatic carbocycles. The fraction of sp³-hybridized carbons (Fsp3) is 0.0476. The predicted molar refractivity (Wildman–Crippen MR) is 116 cm³/mol. The van der Waals surface area contributed by atoms with Gasteiger partial charge >= 0.3 is 0 Å². The van der Waals surface area contributed by atoms with Crippen LogP contribution in [0.15, 0.2) is 70.8 Å². The van der Waals surface area contributed by atoms with Crippen LogP contribution in [0.25, 0.3) is 10.9 Å². The van der Waals surface area contributed by atoms with E-state index in [1.807, 2.05) is 24.3 Å². The lowest BCUT2D eigenvalue weighted by Gasteiger charge is -2.09. The van der Waals surface area contributed by atoms with Gasteiger partial charge in [0.25, 0.3) is 5.91 Å². The largest absolute Gasteiger partial charge is 0.503 e. The van der Waals surface area contributed by atoms with Gasteiger partial charge in [0.05, 0.1) is 17.5 Å². The fourth-order valence-corrected chi connectivity index (χ4v) is 3.78. The zero-order valence-corrected chi connectivity index (χ0v) is 17.2. The number of carbonyl (C=O) groups excluding carboxylic acids is 1. The van der Waals surface area contributed by atoms with Crippen LogP contribution in [0.4, 0.5) is 5.69 Å². The molecular formula is C21H15ClN4O3S. The molecule has 1 amide bonds. The van der Waals surface area contributed by atoms with Crippen molar-refractivity contribution in [3.63, 3.8) is 0 Å². The number of carbonyl (C=O) groups is 1. The number of fused-ring (bicyclic) bond motifs is 1. The topological polar surface area (TPSA) is 97.2 Å². The number of halogens is 1. The summed E-state index contributed by atoms with van der Waals surface area (Å²) in [6, 6.07) is 14.3. The van der Waals surface area contributed by atoms with E-state index < -0.39 is 5.91 Å². The lowest BCUT2D eigenvalue weighted by molar-refractivity contribution is 0.101. The number of aromatic hydroxyl groups is 1. The number of benzene rings is 1. The number of nitrogens with zero attached hydrogens (tertiary/aromatic N) is 3. The van der Waals surface area contributed by atoms with Crippen molar-refractivity contribution in [3.8, 4) is 11.5 Å². The van der Waals surface area contributed by atoms with E-state index in [0.29, 0.717) is 10.8 Å². The number of hydrogen-bond acceptors (Lipinski definition) is 7. The number of aromatic nitrogens is 3. The second-order valence-electron chi connectivity index (χ2n) is 6.12. The highest BCUT2D eigenvalue weighted by Gasteiger charge is 2.17. The Bertz CT molecular complexity index is 1250. The van der Waals surface area contributed by atoms with Gasteiger partial charge in [-0.15, -0.1) is 0 Å². The van der Waals surface area contributed by atoms with Gasteiger partial charge in [0.1, 0.15) is 10.2 Å². The lowest BCUT2D eigenvalue weighted by Crippen LogP contribution is -2.14. The van der Waals surface area contributed by atoms with Crippen molar-refractivity contribution in [2.45, 2.75) is 9.92 Å². The Morgan fingerprint density at radius 3 is 2.80 bits per heavy atom. The van der Waals surface area contributed by atoms with Crippen LogP contribution < -0.4 is 10.1 Å². The molecule has 0 bridgehead atoms. The average molecular weight is 439 g/mol. The van der Waals surface area contributed by atoms with E-state index in [-0.39, 0.29) is 17.2 Å². The first-order valence-electron chi connectivity index (χ1n) is 8.77. The summed E-state index contributed by atoms with van der Waals surface area (Å²) in [4.78, 5) is 25.9. The number of hydrogen-bond donors (Lipinski definition) is 2. The highest BCUT2D eigenvalue weighted by Crippen LogP contribution is 2.32. The average Bonchev–Trinajstić information content (AvgIpc) is 2.75. The molecule has 0 aliphatic heterocycles. The zero-order chi connectivity index (χ0) is 21.1. The summed E-state index contributed by atoms with van der Waals surface area (Å²) in [6.45, 7) is 0. The Balaban J connectivity index is 1.55. The smallest absolute Gasteiger partial charge is 0.278 e. The van der Waals surface area contributed by atoms with Gasteiger partial charge in [0.15, 0.2) is 17.2 Å². The summed E-state index contributed by atoms with van der Waals surface area (Å²) >= 11 is 7.53. The first kappa shape index (κ1) is 19.9. The summed E-state index contributed by atoms with van der Waals surface area (Å²) < 4.78 is 5.01. The number of methoxy groups -OCH3 is 1. The molecule has 9 heteroatoms. The molecule has 7 nitrogen and oxygen atoms in total. The number of pyridine rings is 3. The molecule has 0 aliphatic carbocycles. The third kappa shape index (κ3) is 4.14. The Kier molecular flexibility index (Phi) is 5.69. The van der Waals surface area contributed by atoms with Crippen molar-refractivity contribution in [1.82, 2.24) is 15.0 Å². The van der Waals surface area contributed by atoms with E-state index in [1.54, 1.807) is 24.4 Å². The minimum absolute atomic E-state index is 0.118. The molecule has 4 aromatic rings. The molecule has 0 saturated heterocycles. The van der Waals surface area contributed by atoms with Crippen molar-refractivity contribution < 1.29 is 14.6 Å². The molecule has 30 heavy (non-hydrogen) atoms. The van der Waals surface area contributed by atoms with E-state index in [9.17, 15) is 9.90 Å². The van der Waals surface area contributed by atoms with Crippen LogP contribution in [0.1, 0.15) is 10.5 Å². The molecule has 4 rings (SSSR count). The Morgan fingerprint density at radius 1 is 1.13 bits per heavy atom. The molecule has 0 fully saturated rings. The van der Waals surface area contributed by atoms with Crippen molar-refractivity contribution in [1.29, 1.82) is 0 Å². The van der Waals surface area contributed by atoms with Gasteiger partial charge in [-0.3, -0.25) is 4.79 Å². The van der Waals surface area contributed by atoms with Gasteiger partial charge in [-0.2, -0.15) is 0 Å². The molecule has 0 spiro atoms. The normalized spacial score (nSPS) is 10.7. The SMILES string of the molecule is COc1ccnc(C(=O)Nc2ccc3nc(Sc4cccnc4Cl)ccc3c2)c1O. The van der Waals surface area contributed by atoms with E-state index >= 15 is 0 Å². The molecule has 3 heterocycles. The molecule has 0 atom stereocenters. The highest BCUT2D eigenvalue weighted by atomic mass is 35.5. The number of rotatable bonds is 5. The zero-order valence-electron chi connectivity index (χ0n) is 15.7. The first-order chi connectivity index (χ1) is 14.5. The molecule has 2 N–H and O–H groups in total. The minimum atomic E-state index is -0.544. The van der Waals surface area contributed by atoms with Gasteiger partial charge in [-0.1, -0.05) is 29.4 Å². The second kappa shape index (κ2) is 8.56. The second-order valence-corrected chi connectivity index (χ2v) is 7.54. The maximum absolute atomic E-state index is 12.5.